The first kappa shape index (κ1) is 15.2. The molecule has 1 aromatic carbocycles. The Balaban J connectivity index is 1.55. The number of carbonyl (C=O) groups is 3. The summed E-state index contributed by atoms with van der Waals surface area (Å²) in [5.74, 6) is 0.161. The number of hydrogen-bond donors (Lipinski definition) is 1. The van der Waals surface area contributed by atoms with Crippen molar-refractivity contribution < 1.29 is 14.4 Å². The highest BCUT2D eigenvalue weighted by molar-refractivity contribution is 6.02. The maximum absolute atomic E-state index is 11.9. The van der Waals surface area contributed by atoms with Crippen LogP contribution in [0.5, 0.6) is 0 Å². The summed E-state index contributed by atoms with van der Waals surface area (Å²) in [6.45, 7) is 0.456. The molecule has 1 aliphatic heterocycles. The third-order valence-corrected chi connectivity index (χ3v) is 4.04. The van der Waals surface area contributed by atoms with Gasteiger partial charge in [0.1, 0.15) is 5.82 Å². The number of rotatable bonds is 5. The summed E-state index contributed by atoms with van der Waals surface area (Å²) in [7, 11) is 1.90. The molecule has 3 rings (SSSR count). The van der Waals surface area contributed by atoms with Crippen molar-refractivity contribution in [2.75, 3.05) is 6.54 Å². The summed E-state index contributed by atoms with van der Waals surface area (Å²) in [5.41, 5.74) is 1.89. The van der Waals surface area contributed by atoms with Crippen LogP contribution in [0.25, 0.3) is 11.0 Å². The standard InChI is InChI=1S/C16H18N4O3/c1-19-12-5-3-2-4-11(12)18-13(19)10-17-14(21)8-9-20-15(22)6-7-16(20)23/h2-5H,6-10H2,1H3,(H,17,21). The molecule has 0 atom stereocenters. The van der Waals surface area contributed by atoms with Crippen LogP contribution >= 0.6 is 0 Å². The van der Waals surface area contributed by atoms with E-state index in [-0.39, 0.29) is 43.5 Å². The molecule has 7 nitrogen and oxygen atoms in total. The predicted molar refractivity (Wildman–Crippen MR) is 83.1 cm³/mol. The Bertz CT molecular complexity index is 765. The molecule has 1 aromatic heterocycles. The number of hydrogen-bond acceptors (Lipinski definition) is 4. The lowest BCUT2D eigenvalue weighted by molar-refractivity contribution is -0.138. The summed E-state index contributed by atoms with van der Waals surface area (Å²) in [6.07, 6.45) is 0.613. The van der Waals surface area contributed by atoms with Crippen LogP contribution in [0, 0.1) is 0 Å². The number of aromatic nitrogens is 2. The Morgan fingerprint density at radius 2 is 1.91 bits per heavy atom. The average Bonchev–Trinajstić information content (AvgIpc) is 3.04. The third-order valence-electron chi connectivity index (χ3n) is 4.04. The van der Waals surface area contributed by atoms with Crippen molar-refractivity contribution in [2.24, 2.45) is 7.05 Å². The van der Waals surface area contributed by atoms with Crippen LogP contribution in [-0.4, -0.2) is 38.7 Å². The van der Waals surface area contributed by atoms with E-state index in [2.05, 4.69) is 10.3 Å². The Hall–Kier alpha value is -2.70. The molecule has 120 valence electrons. The maximum Gasteiger partial charge on any atom is 0.229 e. The average molecular weight is 314 g/mol. The van der Waals surface area contributed by atoms with Crippen LogP contribution in [0.1, 0.15) is 25.1 Å². The number of aryl methyl sites for hydroxylation is 1. The van der Waals surface area contributed by atoms with E-state index in [0.29, 0.717) is 6.54 Å². The molecule has 23 heavy (non-hydrogen) atoms. The van der Waals surface area contributed by atoms with Gasteiger partial charge in [0.2, 0.25) is 17.7 Å². The van der Waals surface area contributed by atoms with Gasteiger partial charge in [-0.1, -0.05) is 12.1 Å². The van der Waals surface area contributed by atoms with Gasteiger partial charge in [-0.25, -0.2) is 4.98 Å². The number of nitrogens with one attached hydrogen (secondary N) is 1. The normalized spacial score (nSPS) is 14.7. The number of benzene rings is 1. The van der Waals surface area contributed by atoms with Crippen molar-refractivity contribution in [3.8, 4) is 0 Å². The van der Waals surface area contributed by atoms with Crippen LogP contribution in [0.15, 0.2) is 24.3 Å². The van der Waals surface area contributed by atoms with Crippen molar-refractivity contribution in [1.29, 1.82) is 0 Å². The van der Waals surface area contributed by atoms with Crippen molar-refractivity contribution in [3.63, 3.8) is 0 Å². The van der Waals surface area contributed by atoms with Gasteiger partial charge in [-0.2, -0.15) is 0 Å². The second kappa shape index (κ2) is 6.20. The van der Waals surface area contributed by atoms with E-state index in [1.54, 1.807) is 0 Å². The fourth-order valence-electron chi connectivity index (χ4n) is 2.71. The highest BCUT2D eigenvalue weighted by Gasteiger charge is 2.28. The zero-order valence-electron chi connectivity index (χ0n) is 12.9. The molecule has 2 aromatic rings. The Morgan fingerprint density at radius 1 is 1.22 bits per heavy atom. The van der Waals surface area contributed by atoms with Crippen LogP contribution in [0.2, 0.25) is 0 Å². The summed E-state index contributed by atoms with van der Waals surface area (Å²) < 4.78 is 1.93. The summed E-state index contributed by atoms with van der Waals surface area (Å²) in [6, 6.07) is 7.75. The number of fused-ring (bicyclic) bond motifs is 1. The first-order chi connectivity index (χ1) is 11.1. The minimum atomic E-state index is -0.204. The summed E-state index contributed by atoms with van der Waals surface area (Å²) in [5, 5.41) is 2.78. The minimum Gasteiger partial charge on any atom is -0.349 e. The number of imide groups is 1. The van der Waals surface area contributed by atoms with Gasteiger partial charge >= 0.3 is 0 Å². The summed E-state index contributed by atoms with van der Waals surface area (Å²) in [4.78, 5) is 40.5. The number of imidazole rings is 1. The molecule has 1 N–H and O–H groups in total. The number of likely N-dealkylation sites (tertiary alicyclic amines) is 1. The maximum atomic E-state index is 11.9. The topological polar surface area (TPSA) is 84.3 Å². The molecule has 1 saturated heterocycles. The van der Waals surface area contributed by atoms with Crippen LogP contribution in [0.3, 0.4) is 0 Å². The molecule has 1 fully saturated rings. The van der Waals surface area contributed by atoms with Gasteiger partial charge in [0, 0.05) is 32.9 Å². The highest BCUT2D eigenvalue weighted by atomic mass is 16.2. The molecule has 0 bridgehead atoms. The first-order valence-corrected chi connectivity index (χ1v) is 7.56. The largest absolute Gasteiger partial charge is 0.349 e. The van der Waals surface area contributed by atoms with Crippen molar-refractivity contribution in [3.05, 3.63) is 30.1 Å². The van der Waals surface area contributed by atoms with Crippen molar-refractivity contribution in [1.82, 2.24) is 19.8 Å². The molecule has 0 unspecified atom stereocenters. The van der Waals surface area contributed by atoms with Crippen LogP contribution in [0.4, 0.5) is 0 Å². The lowest BCUT2D eigenvalue weighted by Gasteiger charge is -2.13. The molecule has 0 spiro atoms. The molecular weight excluding hydrogens is 296 g/mol. The van der Waals surface area contributed by atoms with Gasteiger partial charge < -0.3 is 9.88 Å². The molecule has 0 radical (unpaired) electrons. The monoisotopic (exact) mass is 314 g/mol. The van der Waals surface area contributed by atoms with Crippen LogP contribution in [-0.2, 0) is 28.0 Å². The number of para-hydroxylation sites is 2. The van der Waals surface area contributed by atoms with E-state index < -0.39 is 0 Å². The molecule has 7 heteroatoms. The van der Waals surface area contributed by atoms with E-state index in [1.165, 1.54) is 0 Å². The van der Waals surface area contributed by atoms with E-state index in [1.807, 2.05) is 35.9 Å². The first-order valence-electron chi connectivity index (χ1n) is 7.56. The number of amides is 3. The van der Waals surface area contributed by atoms with E-state index in [0.717, 1.165) is 21.8 Å². The van der Waals surface area contributed by atoms with Crippen LogP contribution < -0.4 is 5.32 Å². The smallest absolute Gasteiger partial charge is 0.229 e. The van der Waals surface area contributed by atoms with E-state index >= 15 is 0 Å². The minimum absolute atomic E-state index is 0.113. The Kier molecular flexibility index (Phi) is 4.10. The molecular formula is C16H18N4O3. The fraction of sp³-hybridized carbons (Fsp3) is 0.375. The van der Waals surface area contributed by atoms with Gasteiger partial charge in [-0.3, -0.25) is 19.3 Å². The number of nitrogens with zero attached hydrogens (tertiary/aromatic N) is 3. The molecule has 1 aliphatic rings. The molecule has 0 aliphatic carbocycles. The van der Waals surface area contributed by atoms with E-state index in [4.69, 9.17) is 0 Å². The van der Waals surface area contributed by atoms with Gasteiger partial charge in [0.05, 0.1) is 17.6 Å². The molecule has 2 heterocycles. The SMILES string of the molecule is Cn1c(CNC(=O)CCN2C(=O)CCC2=O)nc2ccccc21. The predicted octanol–water partition coefficient (Wildman–Crippen LogP) is 0.729. The highest BCUT2D eigenvalue weighted by Crippen LogP contribution is 2.14. The van der Waals surface area contributed by atoms with Gasteiger partial charge in [0.25, 0.3) is 0 Å². The van der Waals surface area contributed by atoms with Gasteiger partial charge in [0.15, 0.2) is 0 Å². The van der Waals surface area contributed by atoms with Crippen molar-refractivity contribution in [2.45, 2.75) is 25.8 Å². The molecule has 3 amide bonds. The quantitative estimate of drug-likeness (QED) is 0.825. The zero-order valence-corrected chi connectivity index (χ0v) is 12.9. The second-order valence-electron chi connectivity index (χ2n) is 5.54. The second-order valence-corrected chi connectivity index (χ2v) is 5.54. The van der Waals surface area contributed by atoms with Gasteiger partial charge in [-0.15, -0.1) is 0 Å². The van der Waals surface area contributed by atoms with Gasteiger partial charge in [-0.05, 0) is 12.1 Å². The fourth-order valence-corrected chi connectivity index (χ4v) is 2.71. The Morgan fingerprint density at radius 3 is 2.61 bits per heavy atom. The zero-order chi connectivity index (χ0) is 16.4. The Labute approximate surface area is 133 Å². The van der Waals surface area contributed by atoms with E-state index in [9.17, 15) is 14.4 Å². The lowest BCUT2D eigenvalue weighted by atomic mass is 10.3. The van der Waals surface area contributed by atoms with Crippen molar-refractivity contribution >= 4 is 28.8 Å². The number of carbonyl (C=O) groups excluding carboxylic acids is 3. The molecule has 0 saturated carbocycles. The summed E-state index contributed by atoms with van der Waals surface area (Å²) >= 11 is 0. The lowest BCUT2D eigenvalue weighted by Crippen LogP contribution is -2.34. The third kappa shape index (κ3) is 3.08.